The van der Waals surface area contributed by atoms with Gasteiger partial charge in [0, 0.05) is 11.1 Å². The van der Waals surface area contributed by atoms with Crippen LogP contribution in [-0.2, 0) is 6.61 Å². The van der Waals surface area contributed by atoms with Crippen molar-refractivity contribution in [3.05, 3.63) is 71.8 Å². The van der Waals surface area contributed by atoms with E-state index in [1.165, 1.54) is 0 Å². The number of amides is 1. The zero-order chi connectivity index (χ0) is 16.9. The first-order valence-corrected chi connectivity index (χ1v) is 7.84. The van der Waals surface area contributed by atoms with Crippen molar-refractivity contribution in [3.8, 4) is 11.5 Å². The summed E-state index contributed by atoms with van der Waals surface area (Å²) in [7, 11) is 0. The van der Waals surface area contributed by atoms with Crippen molar-refractivity contribution < 1.29 is 14.3 Å². The number of fused-ring (bicyclic) bond motifs is 1. The predicted octanol–water partition coefficient (Wildman–Crippen LogP) is 3.92. The average molecular weight is 321 g/mol. The van der Waals surface area contributed by atoms with Gasteiger partial charge >= 0.3 is 0 Å². The number of hydrogen-bond acceptors (Lipinski definition) is 3. The molecule has 0 fully saturated rings. The predicted molar refractivity (Wildman–Crippen MR) is 94.4 cm³/mol. The lowest BCUT2D eigenvalue weighted by atomic mass is 10.1. The molecule has 0 aromatic heterocycles. The van der Waals surface area contributed by atoms with Crippen LogP contribution in [0.5, 0.6) is 11.5 Å². The van der Waals surface area contributed by atoms with E-state index >= 15 is 0 Å². The van der Waals surface area contributed by atoms with Crippen molar-refractivity contribution in [2.24, 2.45) is 5.73 Å². The van der Waals surface area contributed by atoms with Gasteiger partial charge in [0.05, 0.1) is 6.61 Å². The van der Waals surface area contributed by atoms with E-state index in [1.54, 1.807) is 18.2 Å². The summed E-state index contributed by atoms with van der Waals surface area (Å²) in [5.41, 5.74) is 6.59. The van der Waals surface area contributed by atoms with Crippen molar-refractivity contribution >= 4 is 16.7 Å². The highest BCUT2D eigenvalue weighted by Gasteiger charge is 2.09. The number of rotatable bonds is 6. The van der Waals surface area contributed by atoms with E-state index < -0.39 is 5.91 Å². The molecule has 4 nitrogen and oxygen atoms in total. The van der Waals surface area contributed by atoms with Gasteiger partial charge in [0.25, 0.3) is 0 Å². The third kappa shape index (κ3) is 3.49. The van der Waals surface area contributed by atoms with E-state index in [1.807, 2.05) is 43.3 Å². The summed E-state index contributed by atoms with van der Waals surface area (Å²) in [6, 6.07) is 19.2. The van der Waals surface area contributed by atoms with Gasteiger partial charge in [-0.25, -0.2) is 0 Å². The maximum atomic E-state index is 11.4. The summed E-state index contributed by atoms with van der Waals surface area (Å²) in [5, 5.41) is 2.28. The second kappa shape index (κ2) is 7.04. The fourth-order valence-electron chi connectivity index (χ4n) is 2.56. The normalized spacial score (nSPS) is 10.5. The zero-order valence-electron chi connectivity index (χ0n) is 13.5. The SMILES string of the molecule is CCOc1ccc(C(N)=O)cc1COc1ccc2ccccc2c1. The molecule has 0 radical (unpaired) electrons. The topological polar surface area (TPSA) is 61.5 Å². The molecule has 122 valence electrons. The van der Waals surface area contributed by atoms with Crippen molar-refractivity contribution in [2.75, 3.05) is 6.61 Å². The monoisotopic (exact) mass is 321 g/mol. The van der Waals surface area contributed by atoms with Gasteiger partial charge in [-0.15, -0.1) is 0 Å². The van der Waals surface area contributed by atoms with Crippen LogP contribution in [0.4, 0.5) is 0 Å². The van der Waals surface area contributed by atoms with E-state index in [9.17, 15) is 4.79 Å². The van der Waals surface area contributed by atoms with E-state index in [0.29, 0.717) is 24.5 Å². The highest BCUT2D eigenvalue weighted by molar-refractivity contribution is 5.93. The smallest absolute Gasteiger partial charge is 0.248 e. The lowest BCUT2D eigenvalue weighted by molar-refractivity contribution is 0.1000. The minimum atomic E-state index is -0.468. The summed E-state index contributed by atoms with van der Waals surface area (Å²) in [6.07, 6.45) is 0. The Labute approximate surface area is 140 Å². The molecule has 0 spiro atoms. The van der Waals surface area contributed by atoms with Crippen LogP contribution in [0.2, 0.25) is 0 Å². The number of carbonyl (C=O) groups excluding carboxylic acids is 1. The molecule has 2 N–H and O–H groups in total. The fraction of sp³-hybridized carbons (Fsp3) is 0.150. The van der Waals surface area contributed by atoms with Crippen molar-refractivity contribution in [1.29, 1.82) is 0 Å². The van der Waals surface area contributed by atoms with Crippen LogP contribution < -0.4 is 15.2 Å². The standard InChI is InChI=1S/C20H19NO3/c1-2-23-19-10-8-16(20(21)22)11-17(19)13-24-18-9-7-14-5-3-4-6-15(14)12-18/h3-12H,2,13H2,1H3,(H2,21,22). The zero-order valence-corrected chi connectivity index (χ0v) is 13.5. The molecule has 3 aromatic rings. The first-order valence-electron chi connectivity index (χ1n) is 7.84. The lowest BCUT2D eigenvalue weighted by Crippen LogP contribution is -2.12. The van der Waals surface area contributed by atoms with E-state index in [-0.39, 0.29) is 0 Å². The van der Waals surface area contributed by atoms with Crippen LogP contribution in [0.3, 0.4) is 0 Å². The Hall–Kier alpha value is -3.01. The number of carbonyl (C=O) groups is 1. The maximum Gasteiger partial charge on any atom is 0.248 e. The lowest BCUT2D eigenvalue weighted by Gasteiger charge is -2.13. The van der Waals surface area contributed by atoms with Gasteiger partial charge in [0.2, 0.25) is 5.91 Å². The first kappa shape index (κ1) is 15.9. The Bertz CT molecular complexity index is 874. The largest absolute Gasteiger partial charge is 0.493 e. The van der Waals surface area contributed by atoms with Gasteiger partial charge in [0.1, 0.15) is 18.1 Å². The molecule has 0 aliphatic carbocycles. The minimum absolute atomic E-state index is 0.300. The molecule has 1 amide bonds. The Balaban J connectivity index is 1.83. The summed E-state index contributed by atoms with van der Waals surface area (Å²) in [6.45, 7) is 2.75. The average Bonchev–Trinajstić information content (AvgIpc) is 2.60. The highest BCUT2D eigenvalue weighted by Crippen LogP contribution is 2.25. The van der Waals surface area contributed by atoms with E-state index in [0.717, 1.165) is 22.1 Å². The Morgan fingerprint density at radius 1 is 0.958 bits per heavy atom. The third-order valence-electron chi connectivity index (χ3n) is 3.76. The number of primary amides is 1. The number of ether oxygens (including phenoxy) is 2. The summed E-state index contributed by atoms with van der Waals surface area (Å²) in [5.74, 6) is 0.994. The van der Waals surface area contributed by atoms with Crippen molar-refractivity contribution in [1.82, 2.24) is 0 Å². The first-order chi connectivity index (χ1) is 11.7. The molecule has 0 heterocycles. The molecular formula is C20H19NO3. The number of benzene rings is 3. The van der Waals surface area contributed by atoms with Crippen LogP contribution in [0.1, 0.15) is 22.8 Å². The quantitative estimate of drug-likeness (QED) is 0.748. The molecule has 0 aliphatic heterocycles. The highest BCUT2D eigenvalue weighted by atomic mass is 16.5. The molecule has 4 heteroatoms. The molecule has 0 bridgehead atoms. The molecule has 0 saturated carbocycles. The summed E-state index contributed by atoms with van der Waals surface area (Å²) in [4.78, 5) is 11.4. The van der Waals surface area contributed by atoms with Crippen molar-refractivity contribution in [2.45, 2.75) is 13.5 Å². The Morgan fingerprint density at radius 2 is 1.75 bits per heavy atom. The van der Waals surface area contributed by atoms with Crippen LogP contribution in [0, 0.1) is 0 Å². The minimum Gasteiger partial charge on any atom is -0.493 e. The van der Waals surface area contributed by atoms with Gasteiger partial charge in [-0.05, 0) is 48.0 Å². The second-order valence-corrected chi connectivity index (χ2v) is 5.42. The van der Waals surface area contributed by atoms with Crippen LogP contribution in [0.15, 0.2) is 60.7 Å². The number of nitrogens with two attached hydrogens (primary N) is 1. The van der Waals surface area contributed by atoms with Gasteiger partial charge in [0.15, 0.2) is 0 Å². The van der Waals surface area contributed by atoms with Gasteiger partial charge in [-0.2, -0.15) is 0 Å². The summed E-state index contributed by atoms with van der Waals surface area (Å²) < 4.78 is 11.5. The molecule has 0 atom stereocenters. The fourth-order valence-corrected chi connectivity index (χ4v) is 2.56. The van der Waals surface area contributed by atoms with E-state index in [4.69, 9.17) is 15.2 Å². The molecular weight excluding hydrogens is 302 g/mol. The molecule has 3 rings (SSSR count). The van der Waals surface area contributed by atoms with Gasteiger partial charge < -0.3 is 15.2 Å². The van der Waals surface area contributed by atoms with Crippen molar-refractivity contribution in [3.63, 3.8) is 0 Å². The molecule has 0 saturated heterocycles. The summed E-state index contributed by atoms with van der Waals surface area (Å²) >= 11 is 0. The van der Waals surface area contributed by atoms with Crippen LogP contribution in [0.25, 0.3) is 10.8 Å². The van der Waals surface area contributed by atoms with Gasteiger partial charge in [-0.3, -0.25) is 4.79 Å². The molecule has 3 aromatic carbocycles. The molecule has 24 heavy (non-hydrogen) atoms. The van der Waals surface area contributed by atoms with Gasteiger partial charge in [-0.1, -0.05) is 30.3 Å². The van der Waals surface area contributed by atoms with Crippen LogP contribution in [-0.4, -0.2) is 12.5 Å². The number of hydrogen-bond donors (Lipinski definition) is 1. The molecule has 0 aliphatic rings. The van der Waals surface area contributed by atoms with E-state index in [2.05, 4.69) is 6.07 Å². The third-order valence-corrected chi connectivity index (χ3v) is 3.76. The Morgan fingerprint density at radius 3 is 2.50 bits per heavy atom. The molecule has 0 unspecified atom stereocenters. The van der Waals surface area contributed by atoms with Crippen LogP contribution >= 0.6 is 0 Å². The maximum absolute atomic E-state index is 11.4. The Kier molecular flexibility index (Phi) is 4.66. The second-order valence-electron chi connectivity index (χ2n) is 5.42.